The third-order valence-electron chi connectivity index (χ3n) is 1.93. The summed E-state index contributed by atoms with van der Waals surface area (Å²) in [6.45, 7) is 3.81. The van der Waals surface area contributed by atoms with Crippen LogP contribution in [0.1, 0.15) is 13.8 Å². The standard InChI is InChI=1S/C7H14N2O.BF4/c1-6-8(3)4-5-9(6)7(2)10;2-1(3,4)5/h4-7,10H,1-3H3;/q;-1. The second-order valence-electron chi connectivity index (χ2n) is 3.17. The largest absolute Gasteiger partial charge is 0.673 e. The van der Waals surface area contributed by atoms with E-state index in [-0.39, 0.29) is 6.17 Å². The molecule has 0 aromatic carbocycles. The zero-order chi connectivity index (χ0) is 12.2. The molecule has 2 atom stereocenters. The number of aliphatic hydroxyl groups excluding tert-OH is 1. The fraction of sp³-hybridized carbons (Fsp3) is 0.714. The predicted molar refractivity (Wildman–Crippen MR) is 50.1 cm³/mol. The van der Waals surface area contributed by atoms with E-state index in [4.69, 9.17) is 0 Å². The number of aliphatic hydroxyl groups is 1. The SMILES string of the molecule is CC(O)N1C=CN(C)C1C.F[B-](F)(F)F. The number of rotatable bonds is 1. The molecule has 1 N–H and O–H groups in total. The van der Waals surface area contributed by atoms with Crippen molar-refractivity contribution >= 4 is 7.25 Å². The number of nitrogens with zero attached hydrogens (tertiary/aromatic N) is 2. The van der Waals surface area contributed by atoms with Crippen LogP contribution in [0, 0.1) is 0 Å². The van der Waals surface area contributed by atoms with Crippen molar-refractivity contribution in [3.8, 4) is 0 Å². The zero-order valence-corrected chi connectivity index (χ0v) is 8.74. The number of hydrogen-bond donors (Lipinski definition) is 1. The van der Waals surface area contributed by atoms with Crippen molar-refractivity contribution in [3.05, 3.63) is 12.4 Å². The van der Waals surface area contributed by atoms with Gasteiger partial charge in [-0.1, -0.05) is 0 Å². The van der Waals surface area contributed by atoms with E-state index in [1.165, 1.54) is 0 Å². The molecule has 3 nitrogen and oxygen atoms in total. The minimum absolute atomic E-state index is 0.278. The summed E-state index contributed by atoms with van der Waals surface area (Å²) in [4.78, 5) is 3.94. The molecule has 0 bridgehead atoms. The van der Waals surface area contributed by atoms with Crippen molar-refractivity contribution in [1.29, 1.82) is 0 Å². The van der Waals surface area contributed by atoms with E-state index in [9.17, 15) is 22.4 Å². The molecular weight excluding hydrogens is 215 g/mol. The normalized spacial score (nSPS) is 22.5. The molecule has 1 aliphatic rings. The molecule has 0 aromatic heterocycles. The molecule has 1 aliphatic heterocycles. The highest BCUT2D eigenvalue weighted by atomic mass is 19.5. The molecule has 1 heterocycles. The van der Waals surface area contributed by atoms with Gasteiger partial charge in [0, 0.05) is 19.4 Å². The zero-order valence-electron chi connectivity index (χ0n) is 8.74. The Hall–Kier alpha value is -0.915. The van der Waals surface area contributed by atoms with Gasteiger partial charge in [0.2, 0.25) is 0 Å². The molecule has 0 saturated heterocycles. The van der Waals surface area contributed by atoms with Gasteiger partial charge in [-0.05, 0) is 13.8 Å². The Kier molecular flexibility index (Phi) is 4.93. The lowest BCUT2D eigenvalue weighted by atomic mass is 10.3. The molecule has 0 saturated carbocycles. The summed E-state index contributed by atoms with van der Waals surface area (Å²) in [5, 5.41) is 9.19. The highest BCUT2D eigenvalue weighted by Gasteiger charge is 2.21. The third-order valence-corrected chi connectivity index (χ3v) is 1.93. The molecule has 0 amide bonds. The maximum atomic E-state index is 9.75. The van der Waals surface area contributed by atoms with E-state index in [0.29, 0.717) is 0 Å². The van der Waals surface area contributed by atoms with Crippen molar-refractivity contribution in [2.75, 3.05) is 7.05 Å². The van der Waals surface area contributed by atoms with E-state index in [0.717, 1.165) is 0 Å². The van der Waals surface area contributed by atoms with Gasteiger partial charge < -0.3 is 32.2 Å². The van der Waals surface area contributed by atoms with Gasteiger partial charge in [-0.2, -0.15) is 0 Å². The molecule has 0 spiro atoms. The lowest BCUT2D eigenvalue weighted by molar-refractivity contribution is 0.0104. The lowest BCUT2D eigenvalue weighted by Crippen LogP contribution is -2.38. The minimum atomic E-state index is -6.00. The van der Waals surface area contributed by atoms with Gasteiger partial charge in [0.25, 0.3) is 0 Å². The smallest absolute Gasteiger partial charge is 0.418 e. The highest BCUT2D eigenvalue weighted by molar-refractivity contribution is 6.50. The van der Waals surface area contributed by atoms with Gasteiger partial charge >= 0.3 is 7.25 Å². The average Bonchev–Trinajstić information content (AvgIpc) is 2.29. The lowest BCUT2D eigenvalue weighted by Gasteiger charge is -2.29. The quantitative estimate of drug-likeness (QED) is 0.547. The van der Waals surface area contributed by atoms with Crippen LogP contribution in [0.3, 0.4) is 0 Å². The summed E-state index contributed by atoms with van der Waals surface area (Å²) >= 11 is 0. The van der Waals surface area contributed by atoms with Gasteiger partial charge in [0.15, 0.2) is 0 Å². The number of hydrogen-bond acceptors (Lipinski definition) is 3. The van der Waals surface area contributed by atoms with E-state index in [2.05, 4.69) is 0 Å². The minimum Gasteiger partial charge on any atom is -0.418 e. The van der Waals surface area contributed by atoms with Crippen LogP contribution in [0.15, 0.2) is 12.4 Å². The first-order valence-corrected chi connectivity index (χ1v) is 4.36. The maximum absolute atomic E-state index is 9.75. The van der Waals surface area contributed by atoms with Gasteiger partial charge in [0.1, 0.15) is 6.23 Å². The monoisotopic (exact) mass is 229 g/mol. The molecule has 1 rings (SSSR count). The maximum Gasteiger partial charge on any atom is 0.673 e. The Bertz CT molecular complexity index is 216. The second-order valence-corrected chi connectivity index (χ2v) is 3.17. The summed E-state index contributed by atoms with van der Waals surface area (Å²) in [5.74, 6) is 0. The Morgan fingerprint density at radius 3 is 1.80 bits per heavy atom. The van der Waals surface area contributed by atoms with Gasteiger partial charge in [-0.25, -0.2) is 0 Å². The summed E-state index contributed by atoms with van der Waals surface area (Å²) < 4.78 is 39.0. The van der Waals surface area contributed by atoms with Gasteiger partial charge in [-0.3, -0.25) is 0 Å². The molecule has 2 unspecified atom stereocenters. The Labute approximate surface area is 86.1 Å². The van der Waals surface area contributed by atoms with E-state index < -0.39 is 13.5 Å². The van der Waals surface area contributed by atoms with Crippen molar-refractivity contribution in [2.45, 2.75) is 26.2 Å². The van der Waals surface area contributed by atoms with Crippen LogP contribution in [-0.4, -0.2) is 41.6 Å². The topological polar surface area (TPSA) is 26.7 Å². The molecule has 0 aromatic rings. The van der Waals surface area contributed by atoms with Crippen molar-refractivity contribution in [1.82, 2.24) is 9.80 Å². The Morgan fingerprint density at radius 1 is 1.27 bits per heavy atom. The van der Waals surface area contributed by atoms with Crippen LogP contribution in [0.25, 0.3) is 0 Å². The van der Waals surface area contributed by atoms with Crippen LogP contribution in [0.2, 0.25) is 0 Å². The summed E-state index contributed by atoms with van der Waals surface area (Å²) in [6, 6.07) is 0. The second kappa shape index (κ2) is 5.25. The van der Waals surface area contributed by atoms with Crippen molar-refractivity contribution < 1.29 is 22.4 Å². The predicted octanol–water partition coefficient (Wildman–Crippen LogP) is 1.69. The van der Waals surface area contributed by atoms with Crippen molar-refractivity contribution in [3.63, 3.8) is 0 Å². The summed E-state index contributed by atoms with van der Waals surface area (Å²) in [7, 11) is -4.01. The fourth-order valence-corrected chi connectivity index (χ4v) is 1.08. The average molecular weight is 229 g/mol. The van der Waals surface area contributed by atoms with Gasteiger partial charge in [0.05, 0.1) is 6.17 Å². The third kappa shape index (κ3) is 6.21. The van der Waals surface area contributed by atoms with Crippen LogP contribution in [0.5, 0.6) is 0 Å². The van der Waals surface area contributed by atoms with E-state index >= 15 is 0 Å². The van der Waals surface area contributed by atoms with Gasteiger partial charge in [-0.15, -0.1) is 0 Å². The molecule has 15 heavy (non-hydrogen) atoms. The van der Waals surface area contributed by atoms with Crippen LogP contribution in [-0.2, 0) is 0 Å². The van der Waals surface area contributed by atoms with E-state index in [1.807, 2.05) is 36.2 Å². The first-order valence-electron chi connectivity index (χ1n) is 4.36. The molecule has 90 valence electrons. The molecule has 0 aliphatic carbocycles. The Balaban J connectivity index is 0.000000336. The fourth-order valence-electron chi connectivity index (χ4n) is 1.08. The van der Waals surface area contributed by atoms with Crippen LogP contribution >= 0.6 is 0 Å². The molecule has 0 fully saturated rings. The van der Waals surface area contributed by atoms with Crippen LogP contribution in [0.4, 0.5) is 17.3 Å². The highest BCUT2D eigenvalue weighted by Crippen LogP contribution is 2.14. The molecule has 8 heteroatoms. The molecule has 0 radical (unpaired) electrons. The summed E-state index contributed by atoms with van der Waals surface area (Å²) in [5.41, 5.74) is 0. The van der Waals surface area contributed by atoms with E-state index in [1.54, 1.807) is 6.92 Å². The first-order chi connectivity index (χ1) is 6.63. The Morgan fingerprint density at radius 2 is 1.67 bits per heavy atom. The van der Waals surface area contributed by atoms with Crippen molar-refractivity contribution in [2.24, 2.45) is 0 Å². The number of halogens is 4. The van der Waals surface area contributed by atoms with Crippen LogP contribution < -0.4 is 0 Å². The first kappa shape index (κ1) is 14.1. The summed E-state index contributed by atoms with van der Waals surface area (Å²) in [6.07, 6.45) is 3.74. The molecular formula is C7H14BF4N2O-.